The molecule has 0 saturated heterocycles. The molecule has 0 spiro atoms. The smallest absolute Gasteiger partial charge is 0.193 e. The summed E-state index contributed by atoms with van der Waals surface area (Å²) in [6.07, 6.45) is 0. The molecular weight excluding hydrogens is 415 g/mol. The molecule has 24 heavy (non-hydrogen) atoms. The fourth-order valence-corrected chi connectivity index (χ4v) is 2.25. The van der Waals surface area contributed by atoms with Crippen LogP contribution in [-0.4, -0.2) is 18.1 Å². The molecule has 1 aromatic heterocycles. The van der Waals surface area contributed by atoms with Gasteiger partial charge in [0.1, 0.15) is 5.75 Å². The maximum Gasteiger partial charge on any atom is 0.193 e. The Morgan fingerprint density at radius 1 is 1.12 bits per heavy atom. The van der Waals surface area contributed by atoms with Crippen LogP contribution in [0.2, 0.25) is 0 Å². The molecule has 3 rings (SSSR count). The molecule has 0 radical (unpaired) electrons. The van der Waals surface area contributed by atoms with Crippen LogP contribution >= 0.6 is 24.0 Å². The Bertz CT molecular complexity index is 851. The molecule has 0 amide bonds. The van der Waals surface area contributed by atoms with E-state index in [1.807, 2.05) is 60.7 Å². The standard InChI is InChI=1S/C18H18N4O.HI/c1-23-16-7-4-6-14(11-16)22-18(19)20-12-15-10-9-13-5-2-3-8-17(13)21-15;/h2-11H,12H2,1H3,(H3,19,20,22);1H. The highest BCUT2D eigenvalue weighted by Crippen LogP contribution is 2.16. The predicted molar refractivity (Wildman–Crippen MR) is 109 cm³/mol. The minimum atomic E-state index is 0. The van der Waals surface area contributed by atoms with Gasteiger partial charge in [0.05, 0.1) is 24.9 Å². The largest absolute Gasteiger partial charge is 0.497 e. The Morgan fingerprint density at radius 2 is 1.96 bits per heavy atom. The van der Waals surface area contributed by atoms with E-state index in [0.29, 0.717) is 12.5 Å². The maximum absolute atomic E-state index is 5.93. The topological polar surface area (TPSA) is 72.5 Å². The number of anilines is 1. The minimum Gasteiger partial charge on any atom is -0.497 e. The molecule has 0 bridgehead atoms. The number of hydrogen-bond donors (Lipinski definition) is 2. The van der Waals surface area contributed by atoms with Crippen molar-refractivity contribution < 1.29 is 4.74 Å². The number of pyridine rings is 1. The van der Waals surface area contributed by atoms with Gasteiger partial charge in [-0.15, -0.1) is 24.0 Å². The molecule has 3 aromatic rings. The summed E-state index contributed by atoms with van der Waals surface area (Å²) in [5.74, 6) is 1.10. The number of aliphatic imine (C=N–C) groups is 1. The second kappa shape index (κ2) is 8.49. The Labute approximate surface area is 158 Å². The van der Waals surface area contributed by atoms with Gasteiger partial charge in [-0.3, -0.25) is 4.98 Å². The molecule has 0 aliphatic carbocycles. The Hall–Kier alpha value is -2.35. The molecule has 0 saturated carbocycles. The molecule has 0 atom stereocenters. The van der Waals surface area contributed by atoms with Gasteiger partial charge in [-0.2, -0.15) is 0 Å². The number of halogens is 1. The van der Waals surface area contributed by atoms with Gasteiger partial charge < -0.3 is 15.8 Å². The number of rotatable bonds is 4. The summed E-state index contributed by atoms with van der Waals surface area (Å²) in [5.41, 5.74) is 8.59. The number of nitrogens with two attached hydrogens (primary N) is 1. The van der Waals surface area contributed by atoms with Gasteiger partial charge in [0.2, 0.25) is 0 Å². The highest BCUT2D eigenvalue weighted by Gasteiger charge is 2.00. The zero-order chi connectivity index (χ0) is 16.1. The van der Waals surface area contributed by atoms with Gasteiger partial charge in [0.15, 0.2) is 5.96 Å². The number of fused-ring (bicyclic) bond motifs is 1. The molecule has 5 nitrogen and oxygen atoms in total. The number of nitrogens with one attached hydrogen (secondary N) is 1. The number of guanidine groups is 1. The molecule has 3 N–H and O–H groups in total. The fraction of sp³-hybridized carbons (Fsp3) is 0.111. The van der Waals surface area contributed by atoms with Crippen LogP contribution in [0, 0.1) is 0 Å². The van der Waals surface area contributed by atoms with E-state index in [9.17, 15) is 0 Å². The predicted octanol–water partition coefficient (Wildman–Crippen LogP) is 3.79. The summed E-state index contributed by atoms with van der Waals surface area (Å²) in [4.78, 5) is 8.90. The first-order valence-corrected chi connectivity index (χ1v) is 7.30. The lowest BCUT2D eigenvalue weighted by atomic mass is 10.2. The van der Waals surface area contributed by atoms with Crippen molar-refractivity contribution in [2.24, 2.45) is 10.7 Å². The molecule has 1 heterocycles. The van der Waals surface area contributed by atoms with Crippen molar-refractivity contribution in [1.29, 1.82) is 0 Å². The molecular formula is C18H19IN4O. The quantitative estimate of drug-likeness (QED) is 0.373. The number of aromatic nitrogens is 1. The van der Waals surface area contributed by atoms with E-state index in [1.165, 1.54) is 0 Å². The van der Waals surface area contributed by atoms with Crippen LogP contribution in [0.1, 0.15) is 5.69 Å². The summed E-state index contributed by atoms with van der Waals surface area (Å²) in [6.45, 7) is 0.424. The van der Waals surface area contributed by atoms with Crippen molar-refractivity contribution in [2.45, 2.75) is 6.54 Å². The van der Waals surface area contributed by atoms with E-state index in [0.717, 1.165) is 28.0 Å². The van der Waals surface area contributed by atoms with E-state index >= 15 is 0 Å². The molecule has 0 aliphatic rings. The highest BCUT2D eigenvalue weighted by molar-refractivity contribution is 14.0. The summed E-state index contributed by atoms with van der Waals surface area (Å²) < 4.78 is 5.18. The van der Waals surface area contributed by atoms with Gasteiger partial charge in [-0.25, -0.2) is 4.99 Å². The van der Waals surface area contributed by atoms with Crippen molar-refractivity contribution in [3.8, 4) is 5.75 Å². The number of ether oxygens (including phenoxy) is 1. The lowest BCUT2D eigenvalue weighted by molar-refractivity contribution is 0.415. The van der Waals surface area contributed by atoms with Crippen molar-refractivity contribution in [1.82, 2.24) is 4.98 Å². The van der Waals surface area contributed by atoms with E-state index in [4.69, 9.17) is 10.5 Å². The summed E-state index contributed by atoms with van der Waals surface area (Å²) in [5, 5.41) is 4.16. The SMILES string of the molecule is COc1cccc(NC(N)=NCc2ccc3ccccc3n2)c1.I. The lowest BCUT2D eigenvalue weighted by Gasteiger charge is -2.07. The summed E-state index contributed by atoms with van der Waals surface area (Å²) in [7, 11) is 1.63. The number of methoxy groups -OCH3 is 1. The third kappa shape index (κ3) is 4.58. The molecule has 0 unspecified atom stereocenters. The van der Waals surface area contributed by atoms with E-state index in [1.54, 1.807) is 7.11 Å². The summed E-state index contributed by atoms with van der Waals surface area (Å²) in [6, 6.07) is 19.5. The van der Waals surface area contributed by atoms with Gasteiger partial charge in [-0.05, 0) is 24.3 Å². The average molecular weight is 434 g/mol. The second-order valence-corrected chi connectivity index (χ2v) is 5.05. The van der Waals surface area contributed by atoms with Crippen LogP contribution in [0.3, 0.4) is 0 Å². The number of para-hydroxylation sites is 1. The maximum atomic E-state index is 5.93. The number of benzene rings is 2. The zero-order valence-electron chi connectivity index (χ0n) is 13.3. The first-order valence-electron chi connectivity index (χ1n) is 7.30. The normalized spacial score (nSPS) is 11.0. The van der Waals surface area contributed by atoms with E-state index in [2.05, 4.69) is 15.3 Å². The number of hydrogen-bond acceptors (Lipinski definition) is 3. The fourth-order valence-electron chi connectivity index (χ4n) is 2.25. The highest BCUT2D eigenvalue weighted by atomic mass is 127. The minimum absolute atomic E-state index is 0. The third-order valence-electron chi connectivity index (χ3n) is 3.41. The second-order valence-electron chi connectivity index (χ2n) is 5.05. The lowest BCUT2D eigenvalue weighted by Crippen LogP contribution is -2.22. The first-order chi connectivity index (χ1) is 11.2. The Morgan fingerprint density at radius 3 is 2.79 bits per heavy atom. The first kappa shape index (κ1) is 18.0. The van der Waals surface area contributed by atoms with Crippen LogP contribution in [0.5, 0.6) is 5.75 Å². The molecule has 124 valence electrons. The van der Waals surface area contributed by atoms with Crippen LogP contribution in [-0.2, 0) is 6.54 Å². The van der Waals surface area contributed by atoms with Crippen molar-refractivity contribution in [2.75, 3.05) is 12.4 Å². The van der Waals surface area contributed by atoms with E-state index in [-0.39, 0.29) is 24.0 Å². The molecule has 0 aliphatic heterocycles. The molecule has 6 heteroatoms. The Balaban J connectivity index is 0.00000208. The van der Waals surface area contributed by atoms with E-state index < -0.39 is 0 Å². The van der Waals surface area contributed by atoms with Crippen LogP contribution in [0.25, 0.3) is 10.9 Å². The van der Waals surface area contributed by atoms with Gasteiger partial charge >= 0.3 is 0 Å². The Kier molecular flexibility index (Phi) is 6.36. The van der Waals surface area contributed by atoms with Crippen LogP contribution in [0.15, 0.2) is 65.7 Å². The zero-order valence-corrected chi connectivity index (χ0v) is 15.6. The summed E-state index contributed by atoms with van der Waals surface area (Å²) >= 11 is 0. The average Bonchev–Trinajstić information content (AvgIpc) is 2.60. The van der Waals surface area contributed by atoms with Crippen LogP contribution in [0.4, 0.5) is 5.69 Å². The molecule has 2 aromatic carbocycles. The van der Waals surface area contributed by atoms with Gasteiger partial charge in [-0.1, -0.05) is 30.3 Å². The van der Waals surface area contributed by atoms with Crippen molar-refractivity contribution in [3.63, 3.8) is 0 Å². The number of nitrogens with zero attached hydrogens (tertiary/aromatic N) is 2. The van der Waals surface area contributed by atoms with Crippen molar-refractivity contribution in [3.05, 3.63) is 66.4 Å². The third-order valence-corrected chi connectivity index (χ3v) is 3.41. The van der Waals surface area contributed by atoms with Crippen LogP contribution < -0.4 is 15.8 Å². The van der Waals surface area contributed by atoms with Gasteiger partial charge in [0.25, 0.3) is 0 Å². The van der Waals surface area contributed by atoms with Crippen molar-refractivity contribution >= 4 is 46.5 Å². The monoisotopic (exact) mass is 434 g/mol. The molecule has 0 fully saturated rings. The van der Waals surface area contributed by atoms with Gasteiger partial charge in [0, 0.05) is 17.1 Å².